The molecule has 0 aromatic rings. The van der Waals surface area contributed by atoms with Crippen LogP contribution >= 0.6 is 0 Å². The fraction of sp³-hybridized carbons (Fsp3) is 0.778. The van der Waals surface area contributed by atoms with Gasteiger partial charge in [0.2, 0.25) is 0 Å². The lowest BCUT2D eigenvalue weighted by Crippen LogP contribution is -2.53. The Kier molecular flexibility index (Phi) is 5.66. The van der Waals surface area contributed by atoms with Crippen LogP contribution in [0.15, 0.2) is 34.4 Å². The Bertz CT molecular complexity index is 740. The SMILES string of the molecule is CC(C)=CCC/C(C)=C1\CC[C@H]2[C@@H]3C[C@H](O)[C@H]4C[C@@H](O)CC[C@]4(C)C3=CC[C@]12C. The summed E-state index contributed by atoms with van der Waals surface area (Å²) in [6.45, 7) is 11.7. The normalized spacial score (nSPS) is 45.6. The standard InChI is InChI=1S/C27H42O2/c1-17(2)7-6-8-18(3)21-9-10-22-20-16-25(29)24-15-19(28)11-13-27(24,5)23(20)12-14-26(21,22)4/h7,12,19-20,22,24-25,28-29H,6,8-11,13-16H2,1-5H3/b21-18+/t19-,20-,22-,24+,25-,26+,27+/m0/s1. The van der Waals surface area contributed by atoms with Crippen LogP contribution in [0.1, 0.15) is 92.4 Å². The van der Waals surface area contributed by atoms with Crippen LogP contribution in [0, 0.1) is 28.6 Å². The van der Waals surface area contributed by atoms with Crippen molar-refractivity contribution in [1.82, 2.24) is 0 Å². The van der Waals surface area contributed by atoms with Gasteiger partial charge in [-0.15, -0.1) is 0 Å². The molecule has 0 radical (unpaired) electrons. The van der Waals surface area contributed by atoms with E-state index in [4.69, 9.17) is 0 Å². The Morgan fingerprint density at radius 1 is 1.07 bits per heavy atom. The molecular weight excluding hydrogens is 356 g/mol. The molecule has 3 saturated carbocycles. The van der Waals surface area contributed by atoms with Gasteiger partial charge in [0.1, 0.15) is 0 Å². The quantitative estimate of drug-likeness (QED) is 0.544. The lowest BCUT2D eigenvalue weighted by Gasteiger charge is -2.57. The molecule has 7 atom stereocenters. The first-order chi connectivity index (χ1) is 13.7. The van der Waals surface area contributed by atoms with E-state index < -0.39 is 0 Å². The minimum atomic E-state index is -0.258. The average Bonchev–Trinajstić information content (AvgIpc) is 3.00. The number of hydrogen-bond acceptors (Lipinski definition) is 2. The predicted octanol–water partition coefficient (Wildman–Crippen LogP) is 6.34. The molecule has 2 heteroatoms. The van der Waals surface area contributed by atoms with E-state index in [1.54, 1.807) is 16.7 Å². The minimum Gasteiger partial charge on any atom is -0.393 e. The molecule has 0 spiro atoms. The Morgan fingerprint density at radius 2 is 1.83 bits per heavy atom. The average molecular weight is 399 g/mol. The van der Waals surface area contributed by atoms with Crippen LogP contribution in [0.25, 0.3) is 0 Å². The maximum atomic E-state index is 11.1. The van der Waals surface area contributed by atoms with Crippen LogP contribution in [0.2, 0.25) is 0 Å². The maximum Gasteiger partial charge on any atom is 0.0583 e. The number of aliphatic hydroxyl groups is 2. The predicted molar refractivity (Wildman–Crippen MR) is 120 cm³/mol. The van der Waals surface area contributed by atoms with Crippen LogP contribution in [0.3, 0.4) is 0 Å². The first-order valence-corrected chi connectivity index (χ1v) is 12.1. The van der Waals surface area contributed by atoms with Crippen molar-refractivity contribution in [1.29, 1.82) is 0 Å². The summed E-state index contributed by atoms with van der Waals surface area (Å²) in [5.41, 5.74) is 6.77. The van der Waals surface area contributed by atoms with Gasteiger partial charge < -0.3 is 10.2 Å². The molecule has 29 heavy (non-hydrogen) atoms. The number of aliphatic hydroxyl groups excluding tert-OH is 2. The van der Waals surface area contributed by atoms with Gasteiger partial charge in [-0.25, -0.2) is 0 Å². The summed E-state index contributed by atoms with van der Waals surface area (Å²) in [6.07, 6.45) is 14.1. The third-order valence-corrected chi connectivity index (χ3v) is 9.39. The lowest BCUT2D eigenvalue weighted by molar-refractivity contribution is -0.0777. The Labute approximate surface area is 178 Å². The van der Waals surface area contributed by atoms with Gasteiger partial charge in [-0.05, 0) is 107 Å². The third kappa shape index (κ3) is 3.49. The molecule has 0 saturated heterocycles. The molecule has 0 aromatic heterocycles. The topological polar surface area (TPSA) is 40.5 Å². The summed E-state index contributed by atoms with van der Waals surface area (Å²) in [4.78, 5) is 0. The van der Waals surface area contributed by atoms with Gasteiger partial charge >= 0.3 is 0 Å². The molecule has 4 aliphatic carbocycles. The Hall–Kier alpha value is -0.860. The van der Waals surface area contributed by atoms with E-state index >= 15 is 0 Å². The van der Waals surface area contributed by atoms with Crippen molar-refractivity contribution >= 4 is 0 Å². The zero-order valence-electron chi connectivity index (χ0n) is 19.3. The number of rotatable bonds is 3. The minimum absolute atomic E-state index is 0.0911. The molecule has 0 aliphatic heterocycles. The highest BCUT2D eigenvalue weighted by molar-refractivity contribution is 5.36. The van der Waals surface area contributed by atoms with Gasteiger partial charge in [0.15, 0.2) is 0 Å². The summed E-state index contributed by atoms with van der Waals surface area (Å²) in [7, 11) is 0. The van der Waals surface area contributed by atoms with Crippen LogP contribution in [-0.2, 0) is 0 Å². The van der Waals surface area contributed by atoms with E-state index in [-0.39, 0.29) is 29.0 Å². The molecular formula is C27H42O2. The van der Waals surface area contributed by atoms with Crippen LogP contribution in [0.5, 0.6) is 0 Å². The van der Waals surface area contributed by atoms with Gasteiger partial charge in [0.05, 0.1) is 12.2 Å². The highest BCUT2D eigenvalue weighted by atomic mass is 16.3. The second kappa shape index (κ2) is 7.68. The number of allylic oxidation sites excluding steroid dienone is 6. The Balaban J connectivity index is 1.63. The van der Waals surface area contributed by atoms with Crippen molar-refractivity contribution in [3.8, 4) is 0 Å². The van der Waals surface area contributed by atoms with E-state index in [0.29, 0.717) is 11.8 Å². The molecule has 162 valence electrons. The number of hydrogen-bond donors (Lipinski definition) is 2. The molecule has 3 fully saturated rings. The largest absolute Gasteiger partial charge is 0.393 e. The van der Waals surface area contributed by atoms with Crippen molar-refractivity contribution in [3.63, 3.8) is 0 Å². The van der Waals surface area contributed by atoms with Crippen molar-refractivity contribution in [3.05, 3.63) is 34.4 Å². The molecule has 0 aromatic carbocycles. The molecule has 4 rings (SSSR count). The van der Waals surface area contributed by atoms with Gasteiger partial charge in [-0.2, -0.15) is 0 Å². The van der Waals surface area contributed by atoms with E-state index in [0.717, 1.165) is 32.1 Å². The first-order valence-electron chi connectivity index (χ1n) is 12.1. The zero-order valence-corrected chi connectivity index (χ0v) is 19.3. The maximum absolute atomic E-state index is 11.1. The van der Waals surface area contributed by atoms with Crippen LogP contribution in [-0.4, -0.2) is 22.4 Å². The lowest BCUT2D eigenvalue weighted by atomic mass is 9.48. The summed E-state index contributed by atoms with van der Waals surface area (Å²) in [5.74, 6) is 1.44. The van der Waals surface area contributed by atoms with Crippen molar-refractivity contribution in [2.45, 2.75) is 105 Å². The Morgan fingerprint density at radius 3 is 2.55 bits per heavy atom. The zero-order chi connectivity index (χ0) is 21.0. The fourth-order valence-corrected chi connectivity index (χ4v) is 7.80. The van der Waals surface area contributed by atoms with Gasteiger partial charge in [0, 0.05) is 0 Å². The van der Waals surface area contributed by atoms with E-state index in [9.17, 15) is 10.2 Å². The first kappa shape index (κ1) is 21.4. The fourth-order valence-electron chi connectivity index (χ4n) is 7.80. The van der Waals surface area contributed by atoms with E-state index in [1.807, 2.05) is 0 Å². The highest BCUT2D eigenvalue weighted by Gasteiger charge is 2.58. The van der Waals surface area contributed by atoms with Crippen LogP contribution in [0.4, 0.5) is 0 Å². The molecule has 0 heterocycles. The van der Waals surface area contributed by atoms with Crippen molar-refractivity contribution in [2.24, 2.45) is 28.6 Å². The van der Waals surface area contributed by atoms with Crippen LogP contribution < -0.4 is 0 Å². The van der Waals surface area contributed by atoms with Crippen molar-refractivity contribution in [2.75, 3.05) is 0 Å². The van der Waals surface area contributed by atoms with Gasteiger partial charge in [0.25, 0.3) is 0 Å². The third-order valence-electron chi connectivity index (χ3n) is 9.39. The van der Waals surface area contributed by atoms with E-state index in [2.05, 4.69) is 46.8 Å². The molecule has 0 amide bonds. The van der Waals surface area contributed by atoms with Gasteiger partial charge in [-0.1, -0.05) is 48.3 Å². The molecule has 0 unspecified atom stereocenters. The monoisotopic (exact) mass is 398 g/mol. The molecule has 4 aliphatic rings. The summed E-state index contributed by atoms with van der Waals surface area (Å²) < 4.78 is 0. The number of fused-ring (bicyclic) bond motifs is 5. The second-order valence-electron chi connectivity index (χ2n) is 11.4. The molecule has 0 bridgehead atoms. The highest BCUT2D eigenvalue weighted by Crippen LogP contribution is 2.65. The smallest absolute Gasteiger partial charge is 0.0583 e. The summed E-state index contributed by atoms with van der Waals surface area (Å²) in [5, 5.41) is 21.3. The second-order valence-corrected chi connectivity index (χ2v) is 11.4. The van der Waals surface area contributed by atoms with Crippen molar-refractivity contribution < 1.29 is 10.2 Å². The summed E-state index contributed by atoms with van der Waals surface area (Å²) in [6, 6.07) is 0. The molecule has 2 nitrogen and oxygen atoms in total. The molecule has 2 N–H and O–H groups in total. The van der Waals surface area contributed by atoms with E-state index in [1.165, 1.54) is 31.3 Å². The van der Waals surface area contributed by atoms with Gasteiger partial charge in [-0.3, -0.25) is 0 Å². The summed E-state index contributed by atoms with van der Waals surface area (Å²) >= 11 is 0.